The second-order valence-electron chi connectivity index (χ2n) is 5.94. The van der Waals surface area contributed by atoms with Crippen LogP contribution in [-0.4, -0.2) is 62.6 Å². The molecule has 0 saturated carbocycles. The zero-order valence-corrected chi connectivity index (χ0v) is 16.6. The lowest BCUT2D eigenvalue weighted by atomic mass is 10.1. The highest BCUT2D eigenvalue weighted by Gasteiger charge is 2.09. The van der Waals surface area contributed by atoms with Gasteiger partial charge in [0.1, 0.15) is 0 Å². The average molecular weight is 396 g/mol. The van der Waals surface area contributed by atoms with Crippen LogP contribution in [0.4, 0.5) is 5.69 Å². The molecule has 1 saturated heterocycles. The molecule has 1 fully saturated rings. The highest BCUT2D eigenvalue weighted by atomic mass is 35.5. The second kappa shape index (κ2) is 13.1. The van der Waals surface area contributed by atoms with E-state index in [9.17, 15) is 0 Å². The van der Waals surface area contributed by atoms with E-state index < -0.39 is 0 Å². The lowest BCUT2D eigenvalue weighted by Gasteiger charge is -2.26. The van der Waals surface area contributed by atoms with Gasteiger partial charge in [-0.05, 0) is 43.5 Å². The first kappa shape index (κ1) is 21.9. The molecule has 0 unspecified atom stereocenters. The number of morpholine rings is 1. The van der Waals surface area contributed by atoms with Crippen LogP contribution in [0.1, 0.15) is 18.4 Å². The summed E-state index contributed by atoms with van der Waals surface area (Å²) in [5.74, 6) is 1.25. The van der Waals surface area contributed by atoms with Crippen molar-refractivity contribution in [1.82, 2.24) is 4.90 Å². The molecule has 0 spiro atoms. The maximum absolute atomic E-state index is 5.87. The minimum absolute atomic E-state index is 0. The van der Waals surface area contributed by atoms with Crippen LogP contribution in [0.3, 0.4) is 0 Å². The minimum Gasteiger partial charge on any atom is -0.379 e. The van der Waals surface area contributed by atoms with Crippen LogP contribution >= 0.6 is 35.6 Å². The molecule has 0 N–H and O–H groups in total. The fourth-order valence-corrected chi connectivity index (χ4v) is 3.34. The highest BCUT2D eigenvalue weighted by Crippen LogP contribution is 2.17. The van der Waals surface area contributed by atoms with E-state index >= 15 is 0 Å². The number of halogens is 3. The summed E-state index contributed by atoms with van der Waals surface area (Å²) in [6.45, 7) is 6.84. The van der Waals surface area contributed by atoms with Gasteiger partial charge in [0.25, 0.3) is 0 Å². The monoisotopic (exact) mass is 394 g/mol. The predicted octanol–water partition coefficient (Wildman–Crippen LogP) is 4.05. The van der Waals surface area contributed by atoms with Gasteiger partial charge in [0.2, 0.25) is 0 Å². The SMILES string of the molecule is Cl.ClCCN(CCCl)c1ccc(CCCCN2CCOCC2)cc1. The fourth-order valence-electron chi connectivity index (χ4n) is 2.94. The summed E-state index contributed by atoms with van der Waals surface area (Å²) in [5, 5.41) is 0. The lowest BCUT2D eigenvalue weighted by Crippen LogP contribution is -2.36. The van der Waals surface area contributed by atoms with Gasteiger partial charge >= 0.3 is 0 Å². The Labute approximate surface area is 162 Å². The number of rotatable bonds is 10. The molecule has 24 heavy (non-hydrogen) atoms. The first-order valence-corrected chi connectivity index (χ1v) is 9.66. The molecule has 6 heteroatoms. The summed E-state index contributed by atoms with van der Waals surface area (Å²) < 4.78 is 5.38. The minimum atomic E-state index is 0. The van der Waals surface area contributed by atoms with Gasteiger partial charge in [-0.2, -0.15) is 0 Å². The van der Waals surface area contributed by atoms with Gasteiger partial charge in [0, 0.05) is 43.6 Å². The van der Waals surface area contributed by atoms with Crippen LogP contribution in [0.15, 0.2) is 24.3 Å². The Balaban J connectivity index is 0.00000288. The largest absolute Gasteiger partial charge is 0.379 e. The number of hydrogen-bond acceptors (Lipinski definition) is 3. The fraction of sp³-hybridized carbons (Fsp3) is 0.667. The molecular formula is C18H29Cl3N2O. The molecule has 138 valence electrons. The molecule has 0 radical (unpaired) electrons. The number of unbranched alkanes of at least 4 members (excludes halogenated alkanes) is 1. The number of benzene rings is 1. The van der Waals surface area contributed by atoms with E-state index in [-0.39, 0.29) is 12.4 Å². The van der Waals surface area contributed by atoms with E-state index in [0.29, 0.717) is 11.8 Å². The van der Waals surface area contributed by atoms with Crippen molar-refractivity contribution in [3.63, 3.8) is 0 Å². The molecule has 1 aliphatic rings. The van der Waals surface area contributed by atoms with Gasteiger partial charge in [0.05, 0.1) is 13.2 Å². The van der Waals surface area contributed by atoms with Crippen molar-refractivity contribution >= 4 is 41.3 Å². The summed E-state index contributed by atoms with van der Waals surface area (Å²) in [4.78, 5) is 4.74. The van der Waals surface area contributed by atoms with E-state index in [2.05, 4.69) is 34.1 Å². The van der Waals surface area contributed by atoms with Crippen molar-refractivity contribution in [2.24, 2.45) is 0 Å². The number of ether oxygens (including phenoxy) is 1. The maximum atomic E-state index is 5.87. The summed E-state index contributed by atoms with van der Waals surface area (Å²) >= 11 is 11.7. The summed E-state index contributed by atoms with van der Waals surface area (Å²) in [7, 11) is 0. The molecular weight excluding hydrogens is 367 g/mol. The van der Waals surface area contributed by atoms with E-state index in [1.54, 1.807) is 0 Å². The van der Waals surface area contributed by atoms with Crippen molar-refractivity contribution < 1.29 is 4.74 Å². The van der Waals surface area contributed by atoms with Crippen molar-refractivity contribution in [2.45, 2.75) is 19.3 Å². The zero-order chi connectivity index (χ0) is 16.3. The third kappa shape index (κ3) is 7.79. The maximum Gasteiger partial charge on any atom is 0.0594 e. The summed E-state index contributed by atoms with van der Waals surface area (Å²) in [6, 6.07) is 8.85. The van der Waals surface area contributed by atoms with Gasteiger partial charge in [-0.3, -0.25) is 4.90 Å². The Kier molecular flexibility index (Phi) is 11.9. The normalized spacial score (nSPS) is 15.1. The highest BCUT2D eigenvalue weighted by molar-refractivity contribution is 6.18. The van der Waals surface area contributed by atoms with Crippen LogP contribution in [0.2, 0.25) is 0 Å². The first-order chi connectivity index (χ1) is 11.3. The molecule has 2 rings (SSSR count). The number of hydrogen-bond donors (Lipinski definition) is 0. The molecule has 1 aromatic carbocycles. The Morgan fingerprint density at radius 1 is 0.958 bits per heavy atom. The van der Waals surface area contributed by atoms with Crippen LogP contribution in [0.5, 0.6) is 0 Å². The zero-order valence-electron chi connectivity index (χ0n) is 14.3. The van der Waals surface area contributed by atoms with Crippen molar-refractivity contribution in [1.29, 1.82) is 0 Å². The Morgan fingerprint density at radius 3 is 2.17 bits per heavy atom. The first-order valence-electron chi connectivity index (χ1n) is 8.59. The van der Waals surface area contributed by atoms with Gasteiger partial charge in [-0.15, -0.1) is 35.6 Å². The van der Waals surface area contributed by atoms with Gasteiger partial charge in [0.15, 0.2) is 0 Å². The van der Waals surface area contributed by atoms with Gasteiger partial charge in [-0.25, -0.2) is 0 Å². The van der Waals surface area contributed by atoms with Gasteiger partial charge < -0.3 is 9.64 Å². The number of anilines is 1. The van der Waals surface area contributed by atoms with Crippen molar-refractivity contribution in [2.75, 3.05) is 62.6 Å². The topological polar surface area (TPSA) is 15.7 Å². The summed E-state index contributed by atoms with van der Waals surface area (Å²) in [5.41, 5.74) is 2.62. The quantitative estimate of drug-likeness (QED) is 0.439. The molecule has 0 aliphatic carbocycles. The Morgan fingerprint density at radius 2 is 1.58 bits per heavy atom. The third-order valence-corrected chi connectivity index (χ3v) is 4.64. The molecule has 0 aromatic heterocycles. The smallest absolute Gasteiger partial charge is 0.0594 e. The number of nitrogens with zero attached hydrogens (tertiary/aromatic N) is 2. The van der Waals surface area contributed by atoms with Crippen molar-refractivity contribution in [3.05, 3.63) is 29.8 Å². The lowest BCUT2D eigenvalue weighted by molar-refractivity contribution is 0.0372. The van der Waals surface area contributed by atoms with E-state index in [0.717, 1.165) is 45.8 Å². The van der Waals surface area contributed by atoms with Crippen LogP contribution in [0.25, 0.3) is 0 Å². The molecule has 1 heterocycles. The number of aryl methyl sites for hydroxylation is 1. The average Bonchev–Trinajstić information content (AvgIpc) is 2.60. The predicted molar refractivity (Wildman–Crippen MR) is 108 cm³/mol. The molecule has 0 amide bonds. The summed E-state index contributed by atoms with van der Waals surface area (Å²) in [6.07, 6.45) is 3.64. The Hall–Kier alpha value is -0.190. The molecule has 1 aliphatic heterocycles. The molecule has 0 atom stereocenters. The Bertz CT molecular complexity index is 419. The van der Waals surface area contributed by atoms with E-state index in [1.165, 1.54) is 30.6 Å². The molecule has 3 nitrogen and oxygen atoms in total. The third-order valence-electron chi connectivity index (χ3n) is 4.30. The van der Waals surface area contributed by atoms with Crippen molar-refractivity contribution in [3.8, 4) is 0 Å². The van der Waals surface area contributed by atoms with Crippen LogP contribution in [-0.2, 0) is 11.2 Å². The van der Waals surface area contributed by atoms with E-state index in [1.807, 2.05) is 0 Å². The van der Waals surface area contributed by atoms with Crippen LogP contribution < -0.4 is 4.90 Å². The van der Waals surface area contributed by atoms with Crippen LogP contribution in [0, 0.1) is 0 Å². The van der Waals surface area contributed by atoms with E-state index in [4.69, 9.17) is 27.9 Å². The second-order valence-corrected chi connectivity index (χ2v) is 6.70. The number of alkyl halides is 2. The molecule has 1 aromatic rings. The molecule has 0 bridgehead atoms. The van der Waals surface area contributed by atoms with Gasteiger partial charge in [-0.1, -0.05) is 12.1 Å². The standard InChI is InChI=1S/C18H28Cl2N2O.ClH/c19-8-11-22(12-9-20)18-6-4-17(5-7-18)3-1-2-10-21-13-15-23-16-14-21;/h4-7H,1-3,8-16H2;1H.